The second-order valence-corrected chi connectivity index (χ2v) is 9.61. The zero-order chi connectivity index (χ0) is 23.1. The van der Waals surface area contributed by atoms with Crippen molar-refractivity contribution in [1.82, 2.24) is 20.1 Å². The van der Waals surface area contributed by atoms with Crippen LogP contribution in [0.5, 0.6) is 0 Å². The molecule has 174 valence electrons. The van der Waals surface area contributed by atoms with Crippen molar-refractivity contribution in [3.63, 3.8) is 0 Å². The van der Waals surface area contributed by atoms with Gasteiger partial charge in [0.25, 0.3) is 0 Å². The molecule has 3 aliphatic rings. The molecule has 0 radical (unpaired) electrons. The Labute approximate surface area is 202 Å². The number of halogens is 2. The van der Waals surface area contributed by atoms with Crippen LogP contribution in [0.15, 0.2) is 30.6 Å². The Morgan fingerprint density at radius 1 is 1.18 bits per heavy atom. The van der Waals surface area contributed by atoms with Gasteiger partial charge in [-0.25, -0.2) is 4.39 Å². The van der Waals surface area contributed by atoms with Gasteiger partial charge in [0.1, 0.15) is 0 Å². The summed E-state index contributed by atoms with van der Waals surface area (Å²) in [4.78, 5) is 34.2. The largest absolute Gasteiger partial charge is 0.365 e. The molecule has 10 heteroatoms. The Morgan fingerprint density at radius 3 is 2.70 bits per heavy atom. The van der Waals surface area contributed by atoms with E-state index in [1.807, 2.05) is 11.0 Å². The molecule has 5 rings (SSSR count). The van der Waals surface area contributed by atoms with Crippen molar-refractivity contribution in [2.45, 2.75) is 37.3 Å². The van der Waals surface area contributed by atoms with E-state index in [4.69, 9.17) is 24.2 Å². The van der Waals surface area contributed by atoms with Gasteiger partial charge in [0.15, 0.2) is 5.82 Å². The number of carbonyl (C=O) groups excluding carboxylic acids is 2. The predicted octanol–water partition coefficient (Wildman–Crippen LogP) is 2.75. The maximum absolute atomic E-state index is 14.2. The molecule has 4 heterocycles. The normalized spacial score (nSPS) is 24.2. The quantitative estimate of drug-likeness (QED) is 0.508. The van der Waals surface area contributed by atoms with Crippen LogP contribution in [0, 0.1) is 5.82 Å². The van der Waals surface area contributed by atoms with E-state index in [9.17, 15) is 14.0 Å². The van der Waals surface area contributed by atoms with Crippen LogP contribution in [0.1, 0.15) is 34.9 Å². The van der Waals surface area contributed by atoms with Crippen LogP contribution in [0.4, 0.5) is 10.1 Å². The van der Waals surface area contributed by atoms with Crippen LogP contribution >= 0.6 is 24.2 Å². The van der Waals surface area contributed by atoms with Crippen molar-refractivity contribution in [3.05, 3.63) is 58.1 Å². The molecule has 0 aliphatic carbocycles. The summed E-state index contributed by atoms with van der Waals surface area (Å²) in [5.74, 6) is -0.848. The number of fused-ring (bicyclic) bond motifs is 1. The number of piperazine rings is 1. The Morgan fingerprint density at radius 2 is 1.97 bits per heavy atom. The van der Waals surface area contributed by atoms with Crippen molar-refractivity contribution < 1.29 is 14.0 Å². The molecule has 2 amide bonds. The summed E-state index contributed by atoms with van der Waals surface area (Å²) in [7, 11) is 0. The predicted molar refractivity (Wildman–Crippen MR) is 127 cm³/mol. The molecular weight excluding hydrogens is 465 g/mol. The minimum atomic E-state index is -0.398. The number of piperidine rings is 1. The van der Waals surface area contributed by atoms with Gasteiger partial charge in [-0.05, 0) is 23.1 Å². The Kier molecular flexibility index (Phi) is 6.30. The molecule has 0 saturated carbocycles. The van der Waals surface area contributed by atoms with Gasteiger partial charge in [-0.1, -0.05) is 29.8 Å². The first kappa shape index (κ1) is 22.6. The van der Waals surface area contributed by atoms with Gasteiger partial charge in [0, 0.05) is 51.9 Å². The molecule has 7 nitrogen and oxygen atoms in total. The lowest BCUT2D eigenvalue weighted by molar-refractivity contribution is -0.137. The fourth-order valence-corrected chi connectivity index (χ4v) is 5.79. The van der Waals surface area contributed by atoms with Crippen LogP contribution in [0.3, 0.4) is 0 Å². The van der Waals surface area contributed by atoms with Crippen LogP contribution in [-0.4, -0.2) is 58.8 Å². The van der Waals surface area contributed by atoms with E-state index < -0.39 is 5.82 Å². The SMILES string of the molecule is O=C1CCC(N2Cc3c(CN4CCN(c5c(F)cncc5Cl)CC4)cccc3C2S)C(=O)N1. The van der Waals surface area contributed by atoms with E-state index in [-0.39, 0.29) is 23.2 Å². The molecular formula is C23H25ClFN5O2S. The second kappa shape index (κ2) is 9.21. The molecule has 3 aliphatic heterocycles. The third-order valence-electron chi connectivity index (χ3n) is 6.76. The molecule has 33 heavy (non-hydrogen) atoms. The van der Waals surface area contributed by atoms with E-state index in [0.717, 1.165) is 25.2 Å². The van der Waals surface area contributed by atoms with Crippen molar-refractivity contribution >= 4 is 41.7 Å². The minimum absolute atomic E-state index is 0.183. The molecule has 0 bridgehead atoms. The summed E-state index contributed by atoms with van der Waals surface area (Å²) in [5.41, 5.74) is 3.95. The standard InChI is InChI=1S/C23H25ClFN5O2S/c24-17-10-26-11-18(25)21(17)29-8-6-28(7-9-29)12-14-2-1-3-15-16(14)13-30(23(15)33)19-4-5-20(31)27-22(19)32/h1-3,10-11,19,23,33H,4-9,12-13H2,(H,27,31,32). The first-order valence-corrected chi connectivity index (χ1v) is 12.0. The zero-order valence-electron chi connectivity index (χ0n) is 18.0. The summed E-state index contributed by atoms with van der Waals surface area (Å²) in [6, 6.07) is 5.87. The number of thiol groups is 1. The molecule has 2 atom stereocenters. The van der Waals surface area contributed by atoms with E-state index in [0.29, 0.717) is 43.2 Å². The number of rotatable bonds is 4. The highest BCUT2D eigenvalue weighted by atomic mass is 35.5. The second-order valence-electron chi connectivity index (χ2n) is 8.71. The third-order valence-corrected chi connectivity index (χ3v) is 7.61. The summed E-state index contributed by atoms with van der Waals surface area (Å²) in [6.07, 6.45) is 3.54. The first-order valence-electron chi connectivity index (χ1n) is 11.1. The number of benzene rings is 1. The van der Waals surface area contributed by atoms with Crippen LogP contribution in [-0.2, 0) is 22.7 Å². The highest BCUT2D eigenvalue weighted by molar-refractivity contribution is 7.80. The van der Waals surface area contributed by atoms with Crippen LogP contribution in [0.25, 0.3) is 0 Å². The number of pyridine rings is 1. The van der Waals surface area contributed by atoms with E-state index in [2.05, 4.69) is 32.2 Å². The molecule has 1 aromatic heterocycles. The molecule has 2 saturated heterocycles. The van der Waals surface area contributed by atoms with Crippen LogP contribution < -0.4 is 10.2 Å². The van der Waals surface area contributed by atoms with Crippen molar-refractivity contribution in [1.29, 1.82) is 0 Å². The lowest BCUT2D eigenvalue weighted by Gasteiger charge is -2.36. The first-order chi connectivity index (χ1) is 15.9. The number of hydrogen-bond acceptors (Lipinski definition) is 7. The van der Waals surface area contributed by atoms with Crippen LogP contribution in [0.2, 0.25) is 5.02 Å². The van der Waals surface area contributed by atoms with E-state index in [1.54, 1.807) is 0 Å². The zero-order valence-corrected chi connectivity index (χ0v) is 19.7. The molecule has 2 aromatic rings. The van der Waals surface area contributed by atoms with Gasteiger partial charge in [-0.3, -0.25) is 29.7 Å². The smallest absolute Gasteiger partial charge is 0.243 e. The number of anilines is 1. The number of nitrogens with one attached hydrogen (secondary N) is 1. The number of imide groups is 1. The summed E-state index contributed by atoms with van der Waals surface area (Å²) < 4.78 is 14.2. The average Bonchev–Trinajstić information content (AvgIpc) is 3.12. The summed E-state index contributed by atoms with van der Waals surface area (Å²) in [6.45, 7) is 4.31. The molecule has 2 fully saturated rings. The molecule has 2 unspecified atom stereocenters. The number of nitrogens with zero attached hydrogens (tertiary/aromatic N) is 4. The summed E-state index contributed by atoms with van der Waals surface area (Å²) >= 11 is 11.0. The Bertz CT molecular complexity index is 1070. The topological polar surface area (TPSA) is 68.8 Å². The number of aromatic nitrogens is 1. The lowest BCUT2D eigenvalue weighted by Crippen LogP contribution is -2.51. The minimum Gasteiger partial charge on any atom is -0.365 e. The summed E-state index contributed by atoms with van der Waals surface area (Å²) in [5, 5.41) is 2.60. The monoisotopic (exact) mass is 489 g/mol. The van der Waals surface area contributed by atoms with Crippen molar-refractivity contribution in [3.8, 4) is 0 Å². The lowest BCUT2D eigenvalue weighted by atomic mass is 10.0. The highest BCUT2D eigenvalue weighted by Gasteiger charge is 2.39. The maximum Gasteiger partial charge on any atom is 0.243 e. The molecule has 1 N–H and O–H groups in total. The molecule has 1 aromatic carbocycles. The van der Waals surface area contributed by atoms with E-state index >= 15 is 0 Å². The van der Waals surface area contributed by atoms with E-state index in [1.165, 1.54) is 23.5 Å². The Balaban J connectivity index is 1.27. The number of carbonyl (C=O) groups is 2. The maximum atomic E-state index is 14.2. The number of amides is 2. The fourth-order valence-electron chi connectivity index (χ4n) is 5.04. The van der Waals surface area contributed by atoms with Gasteiger partial charge in [-0.2, -0.15) is 12.6 Å². The van der Waals surface area contributed by atoms with Crippen molar-refractivity contribution in [2.75, 3.05) is 31.1 Å². The van der Waals surface area contributed by atoms with Gasteiger partial charge in [-0.15, -0.1) is 0 Å². The average molecular weight is 490 g/mol. The molecule has 0 spiro atoms. The van der Waals surface area contributed by atoms with Gasteiger partial charge in [0.2, 0.25) is 11.8 Å². The van der Waals surface area contributed by atoms with Crippen molar-refractivity contribution in [2.24, 2.45) is 0 Å². The fraction of sp³-hybridized carbons (Fsp3) is 0.435. The number of hydrogen-bond donors (Lipinski definition) is 2. The van der Waals surface area contributed by atoms with Gasteiger partial charge >= 0.3 is 0 Å². The van der Waals surface area contributed by atoms with Gasteiger partial charge in [0.05, 0.1) is 28.3 Å². The third kappa shape index (κ3) is 4.35. The van der Waals surface area contributed by atoms with Gasteiger partial charge < -0.3 is 4.90 Å². The highest BCUT2D eigenvalue weighted by Crippen LogP contribution is 2.41. The Hall–Kier alpha value is -2.20.